The Morgan fingerprint density at radius 2 is 1.86 bits per heavy atom. The second-order valence-electron chi connectivity index (χ2n) is 9.37. The molecule has 1 amide bonds. The van der Waals surface area contributed by atoms with Crippen molar-refractivity contribution in [2.75, 3.05) is 20.8 Å². The van der Waals surface area contributed by atoms with Crippen molar-refractivity contribution in [3.8, 4) is 11.5 Å². The number of fused-ring (bicyclic) bond motifs is 1. The highest BCUT2D eigenvalue weighted by atomic mass is 16.5. The average Bonchev–Trinajstić information content (AvgIpc) is 3.25. The molecule has 1 saturated heterocycles. The molecule has 0 spiro atoms. The molecule has 3 rings (SSSR count). The van der Waals surface area contributed by atoms with Gasteiger partial charge in [-0.25, -0.2) is 4.79 Å². The molecule has 2 fully saturated rings. The molecule has 2 N–H and O–H groups in total. The molecule has 1 aromatic rings. The standard InChI is InChI=1S/C26H38N2O7/c1-5-35-26(32)19(12-10-17-11-13-22(33-3)23(14-17)34-4)27-16(2)24(29)28-20-9-7-6-8-18(20)15-21(28)25(30)31/h11,13-14,16,18-21,27H,5-10,12,15H2,1-4H3,(H,30,31)/t16-,18-,19?,20-,21-/m0/s1. The summed E-state index contributed by atoms with van der Waals surface area (Å²) in [5.41, 5.74) is 0.952. The summed E-state index contributed by atoms with van der Waals surface area (Å²) in [7, 11) is 3.14. The van der Waals surface area contributed by atoms with Gasteiger partial charge in [-0.15, -0.1) is 0 Å². The number of esters is 1. The Morgan fingerprint density at radius 1 is 1.14 bits per heavy atom. The fourth-order valence-electron chi connectivity index (χ4n) is 5.45. The van der Waals surface area contributed by atoms with Crippen molar-refractivity contribution in [3.63, 3.8) is 0 Å². The van der Waals surface area contributed by atoms with Crippen LogP contribution in [0.25, 0.3) is 0 Å². The summed E-state index contributed by atoms with van der Waals surface area (Å²) in [6.45, 7) is 3.66. The fraction of sp³-hybridized carbons (Fsp3) is 0.654. The molecule has 194 valence electrons. The number of carbonyl (C=O) groups is 3. The van der Waals surface area contributed by atoms with Gasteiger partial charge in [0.25, 0.3) is 0 Å². The lowest BCUT2D eigenvalue weighted by molar-refractivity contribution is -0.152. The van der Waals surface area contributed by atoms with E-state index in [0.29, 0.717) is 30.8 Å². The van der Waals surface area contributed by atoms with E-state index in [1.165, 1.54) is 0 Å². The van der Waals surface area contributed by atoms with Crippen LogP contribution >= 0.6 is 0 Å². The average molecular weight is 491 g/mol. The third-order valence-electron chi connectivity index (χ3n) is 7.19. The number of nitrogens with one attached hydrogen (secondary N) is 1. The summed E-state index contributed by atoms with van der Waals surface area (Å²) < 4.78 is 15.9. The molecule has 0 aromatic heterocycles. The number of carboxylic acids is 1. The van der Waals surface area contributed by atoms with E-state index in [1.807, 2.05) is 18.2 Å². The lowest BCUT2D eigenvalue weighted by Crippen LogP contribution is -2.55. The molecule has 0 bridgehead atoms. The van der Waals surface area contributed by atoms with Gasteiger partial charge in [0.2, 0.25) is 5.91 Å². The van der Waals surface area contributed by atoms with Crippen molar-refractivity contribution in [1.29, 1.82) is 0 Å². The number of ether oxygens (including phenoxy) is 3. The van der Waals surface area contributed by atoms with Crippen molar-refractivity contribution in [2.24, 2.45) is 5.92 Å². The second-order valence-corrected chi connectivity index (χ2v) is 9.37. The van der Waals surface area contributed by atoms with Crippen LogP contribution in [0.1, 0.15) is 57.9 Å². The van der Waals surface area contributed by atoms with Gasteiger partial charge in [-0.3, -0.25) is 14.9 Å². The van der Waals surface area contributed by atoms with Gasteiger partial charge < -0.3 is 24.2 Å². The highest BCUT2D eigenvalue weighted by molar-refractivity contribution is 5.88. The minimum absolute atomic E-state index is 0.0468. The monoisotopic (exact) mass is 490 g/mol. The Hall–Kier alpha value is -2.81. The highest BCUT2D eigenvalue weighted by Crippen LogP contribution is 2.40. The molecule has 1 heterocycles. The molecule has 1 unspecified atom stereocenters. The zero-order valence-electron chi connectivity index (χ0n) is 21.1. The molecule has 1 aliphatic carbocycles. The van der Waals surface area contributed by atoms with Gasteiger partial charge in [-0.1, -0.05) is 18.9 Å². The second kappa shape index (κ2) is 12.2. The van der Waals surface area contributed by atoms with Crippen molar-refractivity contribution < 1.29 is 33.7 Å². The Balaban J connectivity index is 1.71. The van der Waals surface area contributed by atoms with Crippen molar-refractivity contribution >= 4 is 17.8 Å². The van der Waals surface area contributed by atoms with E-state index in [0.717, 1.165) is 31.2 Å². The zero-order valence-corrected chi connectivity index (χ0v) is 21.1. The topological polar surface area (TPSA) is 114 Å². The van der Waals surface area contributed by atoms with Gasteiger partial charge >= 0.3 is 11.9 Å². The Labute approximate surface area is 207 Å². The number of carboxylic acid groups (broad SMARTS) is 1. The van der Waals surface area contributed by atoms with Crippen LogP contribution in [0.5, 0.6) is 11.5 Å². The summed E-state index contributed by atoms with van der Waals surface area (Å²) in [6, 6.07) is 3.28. The van der Waals surface area contributed by atoms with Crippen LogP contribution in [-0.2, 0) is 25.5 Å². The van der Waals surface area contributed by atoms with Gasteiger partial charge in [0.05, 0.1) is 26.9 Å². The van der Waals surface area contributed by atoms with Gasteiger partial charge in [0.1, 0.15) is 12.1 Å². The fourth-order valence-corrected chi connectivity index (χ4v) is 5.45. The predicted molar refractivity (Wildman–Crippen MR) is 130 cm³/mol. The number of carbonyl (C=O) groups excluding carboxylic acids is 2. The first kappa shape index (κ1) is 26.8. The molecule has 9 heteroatoms. The first-order chi connectivity index (χ1) is 16.8. The molecule has 1 aromatic carbocycles. The van der Waals surface area contributed by atoms with E-state index in [2.05, 4.69) is 5.32 Å². The largest absolute Gasteiger partial charge is 0.493 e. The minimum atomic E-state index is -0.963. The van der Waals surface area contributed by atoms with E-state index in [1.54, 1.807) is 33.0 Å². The number of hydrogen-bond acceptors (Lipinski definition) is 7. The number of nitrogens with zero attached hydrogens (tertiary/aromatic N) is 1. The van der Waals surface area contributed by atoms with E-state index in [4.69, 9.17) is 14.2 Å². The maximum absolute atomic E-state index is 13.5. The number of amides is 1. The molecular weight excluding hydrogens is 452 g/mol. The van der Waals surface area contributed by atoms with Crippen LogP contribution in [0.15, 0.2) is 18.2 Å². The van der Waals surface area contributed by atoms with Crippen LogP contribution in [0.4, 0.5) is 0 Å². The summed E-state index contributed by atoms with van der Waals surface area (Å²) in [5.74, 6) is -0.214. The Bertz CT molecular complexity index is 906. The normalized spacial score (nSPS) is 23.2. The molecule has 1 aliphatic heterocycles. The molecule has 5 atom stereocenters. The number of likely N-dealkylation sites (tertiary alicyclic amines) is 1. The van der Waals surface area contributed by atoms with E-state index in [-0.39, 0.29) is 24.5 Å². The van der Waals surface area contributed by atoms with Crippen molar-refractivity contribution in [1.82, 2.24) is 10.2 Å². The molecule has 0 radical (unpaired) electrons. The quantitative estimate of drug-likeness (QED) is 0.455. The molecule has 9 nitrogen and oxygen atoms in total. The smallest absolute Gasteiger partial charge is 0.326 e. The number of hydrogen-bond donors (Lipinski definition) is 2. The minimum Gasteiger partial charge on any atom is -0.493 e. The lowest BCUT2D eigenvalue weighted by atomic mass is 9.84. The van der Waals surface area contributed by atoms with Crippen LogP contribution in [-0.4, -0.2) is 72.8 Å². The molecular formula is C26H38N2O7. The summed E-state index contributed by atoms with van der Waals surface area (Å²) in [4.78, 5) is 39.7. The molecule has 2 aliphatic rings. The van der Waals surface area contributed by atoms with Gasteiger partial charge in [-0.05, 0) is 69.6 Å². The van der Waals surface area contributed by atoms with Crippen LogP contribution in [0.3, 0.4) is 0 Å². The maximum Gasteiger partial charge on any atom is 0.326 e. The Morgan fingerprint density at radius 3 is 2.51 bits per heavy atom. The van der Waals surface area contributed by atoms with Crippen LogP contribution in [0.2, 0.25) is 0 Å². The van der Waals surface area contributed by atoms with E-state index >= 15 is 0 Å². The van der Waals surface area contributed by atoms with Crippen LogP contribution in [0, 0.1) is 5.92 Å². The van der Waals surface area contributed by atoms with Gasteiger partial charge in [-0.2, -0.15) is 0 Å². The van der Waals surface area contributed by atoms with Crippen LogP contribution < -0.4 is 14.8 Å². The number of benzene rings is 1. The number of methoxy groups -OCH3 is 2. The SMILES string of the molecule is CCOC(=O)C(CCc1ccc(OC)c(OC)c1)N[C@@H](C)C(=O)N1[C@H](C(=O)O)C[C@@H]2CCCC[C@@H]21. The summed E-state index contributed by atoms with van der Waals surface area (Å²) >= 11 is 0. The van der Waals surface area contributed by atoms with Gasteiger partial charge in [0, 0.05) is 6.04 Å². The molecule has 35 heavy (non-hydrogen) atoms. The van der Waals surface area contributed by atoms with Gasteiger partial charge in [0.15, 0.2) is 11.5 Å². The summed E-state index contributed by atoms with van der Waals surface area (Å²) in [6.07, 6.45) is 5.30. The van der Waals surface area contributed by atoms with E-state index in [9.17, 15) is 19.5 Å². The predicted octanol–water partition coefficient (Wildman–Crippen LogP) is 2.79. The van der Waals surface area contributed by atoms with E-state index < -0.39 is 30.1 Å². The van der Waals surface area contributed by atoms with Crippen molar-refractivity contribution in [3.05, 3.63) is 23.8 Å². The first-order valence-electron chi connectivity index (χ1n) is 12.5. The number of aryl methyl sites for hydroxylation is 1. The third kappa shape index (κ3) is 6.25. The number of aliphatic carboxylic acids is 1. The first-order valence-corrected chi connectivity index (χ1v) is 12.5. The highest BCUT2D eigenvalue weighted by Gasteiger charge is 2.48. The maximum atomic E-state index is 13.5. The van der Waals surface area contributed by atoms with Crippen molar-refractivity contribution in [2.45, 2.75) is 83.0 Å². The number of rotatable bonds is 11. The lowest BCUT2D eigenvalue weighted by Gasteiger charge is -2.35. The molecule has 1 saturated carbocycles. The zero-order chi connectivity index (χ0) is 25.5. The third-order valence-corrected chi connectivity index (χ3v) is 7.19. The summed E-state index contributed by atoms with van der Waals surface area (Å²) in [5, 5.41) is 12.9. The Kier molecular flexibility index (Phi) is 9.37.